The Morgan fingerprint density at radius 2 is 1.95 bits per heavy atom. The summed E-state index contributed by atoms with van der Waals surface area (Å²) in [4.78, 5) is 25.1. The number of rotatable bonds is 4. The Hall–Kier alpha value is -1.10. The van der Waals surface area contributed by atoms with Crippen molar-refractivity contribution in [1.29, 1.82) is 0 Å². The van der Waals surface area contributed by atoms with E-state index >= 15 is 0 Å². The maximum Gasteiger partial charge on any atom is 0.326 e. The molecule has 0 radical (unpaired) electrons. The fraction of sp³-hybridized carbons (Fsp3) is 0.857. The number of carboxylic acids is 1. The molecule has 0 spiro atoms. The molecule has 2 fully saturated rings. The minimum atomic E-state index is -0.868. The molecule has 0 bridgehead atoms. The van der Waals surface area contributed by atoms with Crippen LogP contribution in [-0.4, -0.2) is 47.1 Å². The SMILES string of the molecule is CNC1(CC(=O)N2CCC[C@H]2C(=O)O)CCCCC1. The van der Waals surface area contributed by atoms with Gasteiger partial charge in [0.15, 0.2) is 0 Å². The van der Waals surface area contributed by atoms with Crippen molar-refractivity contribution in [3.8, 4) is 0 Å². The van der Waals surface area contributed by atoms with Crippen LogP contribution in [0.4, 0.5) is 0 Å². The maximum atomic E-state index is 12.4. The Morgan fingerprint density at radius 1 is 1.26 bits per heavy atom. The minimum Gasteiger partial charge on any atom is -0.480 e. The van der Waals surface area contributed by atoms with Crippen molar-refractivity contribution in [1.82, 2.24) is 10.2 Å². The first-order valence-electron chi connectivity index (χ1n) is 7.29. The molecule has 2 rings (SSSR count). The van der Waals surface area contributed by atoms with Crippen LogP contribution in [0.1, 0.15) is 51.4 Å². The topological polar surface area (TPSA) is 69.6 Å². The molecule has 0 aromatic carbocycles. The van der Waals surface area contributed by atoms with E-state index in [4.69, 9.17) is 5.11 Å². The molecule has 1 amide bonds. The van der Waals surface area contributed by atoms with Crippen molar-refractivity contribution >= 4 is 11.9 Å². The van der Waals surface area contributed by atoms with Gasteiger partial charge >= 0.3 is 5.97 Å². The van der Waals surface area contributed by atoms with E-state index in [2.05, 4.69) is 5.32 Å². The molecule has 1 heterocycles. The molecular formula is C14H24N2O3. The van der Waals surface area contributed by atoms with Crippen LogP contribution >= 0.6 is 0 Å². The summed E-state index contributed by atoms with van der Waals surface area (Å²) in [7, 11) is 1.91. The summed E-state index contributed by atoms with van der Waals surface area (Å²) >= 11 is 0. The number of nitrogens with one attached hydrogen (secondary N) is 1. The quantitative estimate of drug-likeness (QED) is 0.808. The van der Waals surface area contributed by atoms with Crippen molar-refractivity contribution in [2.75, 3.05) is 13.6 Å². The van der Waals surface area contributed by atoms with Gasteiger partial charge in [0.1, 0.15) is 6.04 Å². The number of carbonyl (C=O) groups excluding carboxylic acids is 1. The van der Waals surface area contributed by atoms with Crippen LogP contribution in [0.5, 0.6) is 0 Å². The lowest BCUT2D eigenvalue weighted by molar-refractivity contribution is -0.149. The number of carbonyl (C=O) groups is 2. The summed E-state index contributed by atoms with van der Waals surface area (Å²) in [5.74, 6) is -0.867. The largest absolute Gasteiger partial charge is 0.480 e. The van der Waals surface area contributed by atoms with E-state index in [-0.39, 0.29) is 11.4 Å². The van der Waals surface area contributed by atoms with Gasteiger partial charge < -0.3 is 15.3 Å². The van der Waals surface area contributed by atoms with Gasteiger partial charge in [0.05, 0.1) is 0 Å². The summed E-state index contributed by atoms with van der Waals surface area (Å²) in [6.07, 6.45) is 7.39. The van der Waals surface area contributed by atoms with Crippen LogP contribution in [0.3, 0.4) is 0 Å². The smallest absolute Gasteiger partial charge is 0.326 e. The standard InChI is InChI=1S/C14H24N2O3/c1-15-14(7-3-2-4-8-14)10-12(17)16-9-5-6-11(16)13(18)19/h11,15H,2-10H2,1H3,(H,18,19)/t11-/m0/s1. The van der Waals surface area contributed by atoms with Crippen LogP contribution < -0.4 is 5.32 Å². The van der Waals surface area contributed by atoms with Gasteiger partial charge in [0, 0.05) is 18.5 Å². The first kappa shape index (κ1) is 14.3. The van der Waals surface area contributed by atoms with Crippen molar-refractivity contribution < 1.29 is 14.7 Å². The molecule has 0 aromatic rings. The molecule has 0 aromatic heterocycles. The van der Waals surface area contributed by atoms with E-state index in [9.17, 15) is 9.59 Å². The lowest BCUT2D eigenvalue weighted by atomic mass is 9.79. The number of likely N-dealkylation sites (tertiary alicyclic amines) is 1. The summed E-state index contributed by atoms with van der Waals surface area (Å²) in [5, 5.41) is 12.5. The van der Waals surface area contributed by atoms with Crippen molar-refractivity contribution in [3.63, 3.8) is 0 Å². The molecule has 5 heteroatoms. The van der Waals surface area contributed by atoms with Gasteiger partial charge in [-0.25, -0.2) is 4.79 Å². The zero-order valence-corrected chi connectivity index (χ0v) is 11.7. The van der Waals surface area contributed by atoms with Gasteiger partial charge in [-0.3, -0.25) is 4.79 Å². The van der Waals surface area contributed by atoms with E-state index in [0.29, 0.717) is 19.4 Å². The Bertz CT molecular complexity index is 351. The highest BCUT2D eigenvalue weighted by Crippen LogP contribution is 2.32. The molecule has 2 N–H and O–H groups in total. The van der Waals surface area contributed by atoms with E-state index in [0.717, 1.165) is 32.1 Å². The fourth-order valence-electron chi connectivity index (χ4n) is 3.46. The second kappa shape index (κ2) is 5.90. The highest BCUT2D eigenvalue weighted by molar-refractivity contribution is 5.84. The molecule has 1 saturated carbocycles. The third-order valence-electron chi connectivity index (χ3n) is 4.69. The van der Waals surface area contributed by atoms with Crippen LogP contribution in [0.2, 0.25) is 0 Å². The van der Waals surface area contributed by atoms with Crippen LogP contribution in [-0.2, 0) is 9.59 Å². The molecule has 5 nitrogen and oxygen atoms in total. The summed E-state index contributed by atoms with van der Waals surface area (Å²) in [5.41, 5.74) is -0.110. The van der Waals surface area contributed by atoms with Gasteiger partial charge in [-0.1, -0.05) is 19.3 Å². The van der Waals surface area contributed by atoms with Gasteiger partial charge in [0.2, 0.25) is 5.91 Å². The van der Waals surface area contributed by atoms with Gasteiger partial charge in [-0.15, -0.1) is 0 Å². The number of hydrogen-bond donors (Lipinski definition) is 2. The number of hydrogen-bond acceptors (Lipinski definition) is 3. The average Bonchev–Trinajstić information content (AvgIpc) is 2.89. The predicted molar refractivity (Wildman–Crippen MR) is 71.9 cm³/mol. The zero-order valence-electron chi connectivity index (χ0n) is 11.7. The molecule has 0 unspecified atom stereocenters. The van der Waals surface area contributed by atoms with E-state index in [1.54, 1.807) is 4.90 Å². The Kier molecular flexibility index (Phi) is 4.45. The lowest BCUT2D eigenvalue weighted by Crippen LogP contribution is -2.50. The van der Waals surface area contributed by atoms with Crippen LogP contribution in [0.15, 0.2) is 0 Å². The zero-order chi connectivity index (χ0) is 13.9. The Balaban J connectivity index is 2.01. The lowest BCUT2D eigenvalue weighted by Gasteiger charge is -2.38. The minimum absolute atomic E-state index is 0.00106. The number of carboxylic acid groups (broad SMARTS) is 1. The van der Waals surface area contributed by atoms with Crippen molar-refractivity contribution in [2.45, 2.75) is 62.9 Å². The van der Waals surface area contributed by atoms with Crippen molar-refractivity contribution in [3.05, 3.63) is 0 Å². The fourth-order valence-corrected chi connectivity index (χ4v) is 3.46. The molecule has 2 aliphatic rings. The maximum absolute atomic E-state index is 12.4. The number of aliphatic carboxylic acids is 1. The average molecular weight is 268 g/mol. The molecule has 1 atom stereocenters. The third-order valence-corrected chi connectivity index (χ3v) is 4.69. The number of amides is 1. The van der Waals surface area contributed by atoms with Gasteiger partial charge in [-0.05, 0) is 32.7 Å². The number of nitrogens with zero attached hydrogens (tertiary/aromatic N) is 1. The van der Waals surface area contributed by atoms with Gasteiger partial charge in [-0.2, -0.15) is 0 Å². The first-order valence-corrected chi connectivity index (χ1v) is 7.29. The Labute approximate surface area is 114 Å². The normalized spacial score (nSPS) is 26.4. The Morgan fingerprint density at radius 3 is 2.53 bits per heavy atom. The summed E-state index contributed by atoms with van der Waals surface area (Å²) < 4.78 is 0. The molecule has 1 saturated heterocycles. The molecular weight excluding hydrogens is 244 g/mol. The molecule has 1 aliphatic heterocycles. The summed E-state index contributed by atoms with van der Waals surface area (Å²) in [6, 6.07) is -0.606. The van der Waals surface area contributed by atoms with E-state index in [1.165, 1.54) is 6.42 Å². The van der Waals surface area contributed by atoms with Crippen LogP contribution in [0.25, 0.3) is 0 Å². The summed E-state index contributed by atoms with van der Waals surface area (Å²) in [6.45, 7) is 0.593. The molecule has 108 valence electrons. The highest BCUT2D eigenvalue weighted by Gasteiger charge is 2.39. The molecule has 19 heavy (non-hydrogen) atoms. The second-order valence-electron chi connectivity index (χ2n) is 5.85. The van der Waals surface area contributed by atoms with Crippen molar-refractivity contribution in [2.24, 2.45) is 0 Å². The van der Waals surface area contributed by atoms with E-state index < -0.39 is 12.0 Å². The van der Waals surface area contributed by atoms with Crippen LogP contribution in [0, 0.1) is 0 Å². The monoisotopic (exact) mass is 268 g/mol. The van der Waals surface area contributed by atoms with E-state index in [1.807, 2.05) is 7.05 Å². The molecule has 1 aliphatic carbocycles. The van der Waals surface area contributed by atoms with Gasteiger partial charge in [0.25, 0.3) is 0 Å². The third kappa shape index (κ3) is 3.08. The first-order chi connectivity index (χ1) is 9.08. The highest BCUT2D eigenvalue weighted by atomic mass is 16.4. The second-order valence-corrected chi connectivity index (χ2v) is 5.85. The predicted octanol–water partition coefficient (Wildman–Crippen LogP) is 1.37.